The van der Waals surface area contributed by atoms with Gasteiger partial charge in [-0.3, -0.25) is 19.2 Å². The number of carbonyl (C=O) groups excluding carboxylic acids is 3. The third-order valence-electron chi connectivity index (χ3n) is 9.76. The largest absolute Gasteiger partial charge is 0.481 e. The summed E-state index contributed by atoms with van der Waals surface area (Å²) in [6.07, 6.45) is 4.11. The van der Waals surface area contributed by atoms with Gasteiger partial charge < -0.3 is 25.2 Å². The summed E-state index contributed by atoms with van der Waals surface area (Å²) in [7, 11) is 0. The van der Waals surface area contributed by atoms with Crippen LogP contribution in [0.25, 0.3) is 0 Å². The van der Waals surface area contributed by atoms with E-state index >= 15 is 0 Å². The van der Waals surface area contributed by atoms with Gasteiger partial charge >= 0.3 is 11.9 Å². The van der Waals surface area contributed by atoms with Crippen molar-refractivity contribution in [1.29, 1.82) is 0 Å². The molecule has 0 radical (unpaired) electrons. The highest BCUT2D eigenvalue weighted by atomic mass is 16.5. The molecule has 9 heteroatoms. The Morgan fingerprint density at radius 2 is 1.84 bits per heavy atom. The molecule has 4 rings (SSSR count). The molecule has 4 aliphatic rings. The second kappa shape index (κ2) is 10.9. The number of rotatable bonds is 6. The summed E-state index contributed by atoms with van der Waals surface area (Å²) in [5, 5.41) is 40.1. The van der Waals surface area contributed by atoms with Gasteiger partial charge in [0, 0.05) is 36.0 Å². The van der Waals surface area contributed by atoms with Crippen LogP contribution in [0, 0.1) is 28.6 Å². The van der Waals surface area contributed by atoms with Crippen LogP contribution in [-0.2, 0) is 23.9 Å². The minimum atomic E-state index is -1.65. The average Bonchev–Trinajstić information content (AvgIpc) is 3.10. The minimum absolute atomic E-state index is 0.0000651. The van der Waals surface area contributed by atoms with Gasteiger partial charge in [0.25, 0.3) is 0 Å². The van der Waals surface area contributed by atoms with Gasteiger partial charge in [0.05, 0.1) is 6.10 Å². The topological polar surface area (TPSA) is 158 Å². The number of aliphatic carboxylic acids is 1. The maximum Gasteiger partial charge on any atom is 0.305 e. The smallest absolute Gasteiger partial charge is 0.305 e. The quantitative estimate of drug-likeness (QED) is 0.385. The van der Waals surface area contributed by atoms with E-state index < -0.39 is 47.0 Å². The van der Waals surface area contributed by atoms with E-state index in [9.17, 15) is 34.5 Å². The van der Waals surface area contributed by atoms with Crippen molar-refractivity contribution < 1.29 is 44.3 Å². The van der Waals surface area contributed by atoms with Crippen molar-refractivity contribution in [2.45, 2.75) is 103 Å². The average molecular weight is 523 g/mol. The predicted molar refractivity (Wildman–Crippen MR) is 133 cm³/mol. The summed E-state index contributed by atoms with van der Waals surface area (Å²) in [6, 6.07) is 0. The fourth-order valence-electron chi connectivity index (χ4n) is 7.92. The lowest BCUT2D eigenvalue weighted by Gasteiger charge is -2.61. The summed E-state index contributed by atoms with van der Waals surface area (Å²) in [5.41, 5.74) is -2.21. The fraction of sp³-hybridized carbons (Fsp3) is 0.786. The number of hydrogen-bond acceptors (Lipinski definition) is 8. The van der Waals surface area contributed by atoms with E-state index in [1.54, 1.807) is 13.0 Å². The third kappa shape index (κ3) is 4.90. The standard InChI is InChI=1S/C24H34O7.C4H8O2/c1-4-20(29)31-19-10-14(26)9-13-5-6-15-16-7-8-24(30,18(28)12-25)22(16,2)11-17(27)21(15)23(13,19)3;1-2-3-4(5)6/h9,15-17,19,21,25,27,30H,4-8,10-12H2,1-3H3;2-3H2,1H3,(H,5,6)/t15-,16-,17-,19?,21+,22-,23+,24-;/m0./s1. The highest BCUT2D eigenvalue weighted by Crippen LogP contribution is 2.67. The first-order valence-corrected chi connectivity index (χ1v) is 13.5. The maximum absolute atomic E-state index is 12.5. The first kappa shape index (κ1) is 29.5. The van der Waals surface area contributed by atoms with Gasteiger partial charge in [-0.25, -0.2) is 0 Å². The zero-order chi connectivity index (χ0) is 27.8. The molecule has 4 N–H and O–H groups in total. The van der Waals surface area contributed by atoms with Crippen LogP contribution >= 0.6 is 0 Å². The molecular weight excluding hydrogens is 480 g/mol. The van der Waals surface area contributed by atoms with Gasteiger partial charge in [-0.15, -0.1) is 0 Å². The molecule has 3 fully saturated rings. The molecule has 0 amide bonds. The van der Waals surface area contributed by atoms with Crippen LogP contribution in [0.2, 0.25) is 0 Å². The van der Waals surface area contributed by atoms with Gasteiger partial charge in [0.2, 0.25) is 0 Å². The number of esters is 1. The molecule has 37 heavy (non-hydrogen) atoms. The van der Waals surface area contributed by atoms with Crippen molar-refractivity contribution in [1.82, 2.24) is 0 Å². The zero-order valence-corrected chi connectivity index (χ0v) is 22.4. The number of ketones is 2. The number of carbonyl (C=O) groups is 4. The fourth-order valence-corrected chi connectivity index (χ4v) is 7.92. The van der Waals surface area contributed by atoms with E-state index in [0.717, 1.165) is 18.4 Å². The highest BCUT2D eigenvalue weighted by molar-refractivity contribution is 5.92. The Bertz CT molecular complexity index is 957. The summed E-state index contributed by atoms with van der Waals surface area (Å²) < 4.78 is 5.77. The predicted octanol–water partition coefficient (Wildman–Crippen LogP) is 2.58. The molecule has 8 atom stereocenters. The molecule has 1 unspecified atom stereocenters. The lowest BCUT2D eigenvalue weighted by Crippen LogP contribution is -2.64. The Morgan fingerprint density at radius 3 is 2.38 bits per heavy atom. The number of fused-ring (bicyclic) bond motifs is 5. The van der Waals surface area contributed by atoms with Gasteiger partial charge in [0.15, 0.2) is 11.6 Å². The molecule has 4 aliphatic carbocycles. The first-order chi connectivity index (χ1) is 17.3. The number of aliphatic hydroxyl groups is 3. The van der Waals surface area contributed by atoms with E-state index in [2.05, 4.69) is 0 Å². The molecule has 0 spiro atoms. The SMILES string of the molecule is CCC(=O)OC1CC(=O)C=C2CC[C@@H]3[C@H]([C@@H](O)C[C@@]4(C)[C@H]3CC[C@]4(O)C(=O)CO)[C@]21C.CCCC(=O)O. The van der Waals surface area contributed by atoms with Gasteiger partial charge in [-0.05, 0) is 56.4 Å². The number of Topliss-reactive ketones (excluding diaryl/α,β-unsaturated/α-hetero) is 1. The van der Waals surface area contributed by atoms with Crippen molar-refractivity contribution in [2.75, 3.05) is 6.61 Å². The van der Waals surface area contributed by atoms with Crippen molar-refractivity contribution in [2.24, 2.45) is 28.6 Å². The van der Waals surface area contributed by atoms with Gasteiger partial charge in [-0.2, -0.15) is 0 Å². The van der Waals surface area contributed by atoms with E-state index in [1.807, 2.05) is 20.8 Å². The molecule has 208 valence electrons. The Kier molecular flexibility index (Phi) is 8.71. The van der Waals surface area contributed by atoms with Crippen molar-refractivity contribution in [3.05, 3.63) is 11.6 Å². The van der Waals surface area contributed by atoms with Crippen molar-refractivity contribution in [3.8, 4) is 0 Å². The normalized spacial score (nSPS) is 40.2. The molecule has 0 saturated heterocycles. The Balaban J connectivity index is 0.000000568. The van der Waals surface area contributed by atoms with Gasteiger partial charge in [-0.1, -0.05) is 33.3 Å². The molecule has 0 aromatic carbocycles. The van der Waals surface area contributed by atoms with Gasteiger partial charge in [0.1, 0.15) is 18.3 Å². The van der Waals surface area contributed by atoms with E-state index in [0.29, 0.717) is 19.3 Å². The number of carboxylic acids is 1. The second-order valence-corrected chi connectivity index (χ2v) is 11.6. The Hall–Kier alpha value is -2.10. The van der Waals surface area contributed by atoms with Crippen molar-refractivity contribution >= 4 is 23.5 Å². The van der Waals surface area contributed by atoms with E-state index in [4.69, 9.17) is 9.84 Å². The van der Waals surface area contributed by atoms with Crippen LogP contribution in [0.1, 0.15) is 85.5 Å². The van der Waals surface area contributed by atoms with Crippen LogP contribution < -0.4 is 0 Å². The number of carboxylic acid groups (broad SMARTS) is 1. The second-order valence-electron chi connectivity index (χ2n) is 11.6. The molecule has 3 saturated carbocycles. The number of hydrogen-bond donors (Lipinski definition) is 4. The van der Waals surface area contributed by atoms with Crippen LogP contribution in [0.3, 0.4) is 0 Å². The third-order valence-corrected chi connectivity index (χ3v) is 9.76. The Morgan fingerprint density at radius 1 is 1.16 bits per heavy atom. The van der Waals surface area contributed by atoms with Crippen LogP contribution in [0.4, 0.5) is 0 Å². The van der Waals surface area contributed by atoms with E-state index in [1.165, 1.54) is 0 Å². The molecule has 0 heterocycles. The summed E-state index contributed by atoms with van der Waals surface area (Å²) in [5.74, 6) is -1.92. The monoisotopic (exact) mass is 522 g/mol. The number of aliphatic hydroxyl groups excluding tert-OH is 2. The highest BCUT2D eigenvalue weighted by Gasteiger charge is 2.69. The van der Waals surface area contributed by atoms with E-state index in [-0.39, 0.29) is 55.2 Å². The Labute approximate surface area is 218 Å². The molecule has 0 aliphatic heterocycles. The molecular formula is C28H42O9. The molecule has 0 bridgehead atoms. The zero-order valence-electron chi connectivity index (χ0n) is 22.4. The molecule has 9 nitrogen and oxygen atoms in total. The van der Waals surface area contributed by atoms with Crippen LogP contribution in [-0.4, -0.2) is 68.3 Å². The molecule has 0 aromatic rings. The minimum Gasteiger partial charge on any atom is -0.481 e. The summed E-state index contributed by atoms with van der Waals surface area (Å²) >= 11 is 0. The lowest BCUT2D eigenvalue weighted by molar-refractivity contribution is -0.197. The van der Waals surface area contributed by atoms with Crippen molar-refractivity contribution in [3.63, 3.8) is 0 Å². The summed E-state index contributed by atoms with van der Waals surface area (Å²) in [4.78, 5) is 46.7. The maximum atomic E-state index is 12.5. The first-order valence-electron chi connectivity index (χ1n) is 13.5. The number of ether oxygens (including phenoxy) is 1. The van der Waals surface area contributed by atoms with Crippen LogP contribution in [0.15, 0.2) is 11.6 Å². The molecule has 0 aromatic heterocycles. The lowest BCUT2D eigenvalue weighted by atomic mass is 9.44. The van der Waals surface area contributed by atoms with Crippen LogP contribution in [0.5, 0.6) is 0 Å². The summed E-state index contributed by atoms with van der Waals surface area (Å²) in [6.45, 7) is 6.71.